The van der Waals surface area contributed by atoms with Crippen molar-refractivity contribution in [3.05, 3.63) is 168 Å². The van der Waals surface area contributed by atoms with E-state index in [9.17, 15) is 0 Å². The topological polar surface area (TPSA) is 64.7 Å². The Balaban J connectivity index is 0.000000195. The van der Waals surface area contributed by atoms with Crippen LogP contribution in [-0.4, -0.2) is 19.9 Å². The molecule has 0 amide bonds. The van der Waals surface area contributed by atoms with Crippen LogP contribution in [0, 0.1) is 39.8 Å². The van der Waals surface area contributed by atoms with Crippen molar-refractivity contribution in [2.24, 2.45) is 0 Å². The van der Waals surface area contributed by atoms with E-state index in [1.165, 1.54) is 33.4 Å². The van der Waals surface area contributed by atoms with E-state index in [2.05, 4.69) is 141 Å². The van der Waals surface area contributed by atoms with Gasteiger partial charge in [-0.1, -0.05) is 98.8 Å². The average Bonchev–Trinajstić information content (AvgIpc) is 3.56. The Kier molecular flexibility index (Phi) is 10.8. The number of furan rings is 1. The third kappa shape index (κ3) is 7.81. The first-order chi connectivity index (χ1) is 26.5. The van der Waals surface area contributed by atoms with E-state index in [-0.39, 0.29) is 25.5 Å². The van der Waals surface area contributed by atoms with Gasteiger partial charge in [0.1, 0.15) is 0 Å². The van der Waals surface area contributed by atoms with E-state index in [1.54, 1.807) is 0 Å². The molecule has 9 aromatic rings. The van der Waals surface area contributed by atoms with Crippen LogP contribution in [-0.2, 0) is 25.5 Å². The number of aryl methyl sites for hydroxylation is 4. The first kappa shape index (κ1) is 38.5. The van der Waals surface area contributed by atoms with Crippen molar-refractivity contribution in [3.8, 4) is 44.8 Å². The molecule has 56 heavy (non-hydrogen) atoms. The second kappa shape index (κ2) is 15.7. The van der Waals surface area contributed by atoms with Gasteiger partial charge in [-0.05, 0) is 96.4 Å². The van der Waals surface area contributed by atoms with Crippen LogP contribution in [0.4, 0.5) is 0 Å². The van der Waals surface area contributed by atoms with Gasteiger partial charge in [-0.2, -0.15) is 0 Å². The van der Waals surface area contributed by atoms with Gasteiger partial charge in [0.2, 0.25) is 5.71 Å². The summed E-state index contributed by atoms with van der Waals surface area (Å²) in [5.74, 6) is 0. The molecule has 5 heterocycles. The number of hydrogen-bond donors (Lipinski definition) is 0. The third-order valence-corrected chi connectivity index (χ3v) is 10.00. The van der Waals surface area contributed by atoms with Crippen LogP contribution in [0.3, 0.4) is 0 Å². The van der Waals surface area contributed by atoms with Gasteiger partial charge in [0.25, 0.3) is 0 Å². The molecular weight excluding hydrogens is 865 g/mol. The fraction of sp³-hybridized carbons (Fsp3) is 0.160. The Morgan fingerprint density at radius 1 is 0.643 bits per heavy atom. The average molecular weight is 907 g/mol. The Hall–Kier alpha value is -5.81. The molecule has 0 aliphatic heterocycles. The Bertz CT molecular complexity index is 2840. The summed E-state index contributed by atoms with van der Waals surface area (Å²) in [4.78, 5) is 18.7. The molecule has 0 saturated heterocycles. The van der Waals surface area contributed by atoms with E-state index < -0.39 is 0 Å². The first-order valence-corrected chi connectivity index (χ1v) is 18.6. The molecule has 6 heteroatoms. The molecule has 0 fully saturated rings. The molecule has 0 unspecified atom stereocenters. The zero-order valence-electron chi connectivity index (χ0n) is 32.7. The normalized spacial score (nSPS) is 11.3. The summed E-state index contributed by atoms with van der Waals surface area (Å²) >= 11 is 0. The quantitative estimate of drug-likeness (QED) is 0.165. The summed E-state index contributed by atoms with van der Waals surface area (Å²) in [6, 6.07) is 46.4. The SMILES string of the molecule is Cc1ccc(-c2[c-]cc(C)c(-c3ccccc3)c2)nc1.Cc1ccc2c(n1)oc1c(-c3cc(-c4cc5ccc(C(C)(C)C)nc5cc4C)ccn3)[c-]ccc12.[Ir]. The van der Waals surface area contributed by atoms with Gasteiger partial charge >= 0.3 is 0 Å². The molecule has 5 nitrogen and oxygen atoms in total. The largest absolute Gasteiger partial charge is 0.486 e. The minimum absolute atomic E-state index is 0. The monoisotopic (exact) mass is 907 g/mol. The Labute approximate surface area is 342 Å². The fourth-order valence-corrected chi connectivity index (χ4v) is 6.91. The van der Waals surface area contributed by atoms with Crippen LogP contribution in [0.25, 0.3) is 77.7 Å². The number of pyridine rings is 4. The molecule has 0 aliphatic rings. The smallest absolute Gasteiger partial charge is 0.216 e. The van der Waals surface area contributed by atoms with E-state index >= 15 is 0 Å². The molecular formula is C50H42IrN4O-2. The summed E-state index contributed by atoms with van der Waals surface area (Å²) in [7, 11) is 0. The second-order valence-corrected chi connectivity index (χ2v) is 15.3. The minimum Gasteiger partial charge on any atom is -0.486 e. The van der Waals surface area contributed by atoms with Crippen molar-refractivity contribution in [3.63, 3.8) is 0 Å². The van der Waals surface area contributed by atoms with E-state index in [0.717, 1.165) is 66.7 Å². The standard InChI is InChI=1S/C31H26N3O.C19H16N.Ir/c1-18-15-26-21(10-12-28(34-26)31(3,4)5)16-25(18)20-13-14-32-27(17-20)24-8-6-7-22-23-11-9-19(2)33-30(23)35-29(22)24;1-14-8-11-19(20-13-14)17-10-9-15(2)18(12-17)16-6-4-3-5-7-16;/h6-7,9-17H,1-5H3;3-9,11-13H,1-2H3;/q2*-1;. The number of fused-ring (bicyclic) bond motifs is 4. The molecule has 5 aromatic heterocycles. The zero-order chi connectivity index (χ0) is 38.3. The van der Waals surface area contributed by atoms with Crippen LogP contribution < -0.4 is 0 Å². The molecule has 0 N–H and O–H groups in total. The van der Waals surface area contributed by atoms with Crippen LogP contribution >= 0.6 is 0 Å². The number of rotatable bonds is 4. The maximum Gasteiger partial charge on any atom is 0.216 e. The number of nitrogens with zero attached hydrogens (tertiary/aromatic N) is 4. The van der Waals surface area contributed by atoms with Gasteiger partial charge in [0.05, 0.1) is 11.1 Å². The van der Waals surface area contributed by atoms with Crippen LogP contribution in [0.5, 0.6) is 0 Å². The number of hydrogen-bond acceptors (Lipinski definition) is 5. The van der Waals surface area contributed by atoms with Crippen LogP contribution in [0.15, 0.2) is 132 Å². The summed E-state index contributed by atoms with van der Waals surface area (Å²) in [5.41, 5.74) is 16.5. The second-order valence-electron chi connectivity index (χ2n) is 15.3. The number of aromatic nitrogens is 4. The van der Waals surface area contributed by atoms with Crippen molar-refractivity contribution in [1.29, 1.82) is 0 Å². The van der Waals surface area contributed by atoms with Crippen molar-refractivity contribution in [1.82, 2.24) is 19.9 Å². The van der Waals surface area contributed by atoms with E-state index in [4.69, 9.17) is 9.40 Å². The van der Waals surface area contributed by atoms with Gasteiger partial charge < -0.3 is 14.4 Å². The summed E-state index contributed by atoms with van der Waals surface area (Å²) < 4.78 is 6.19. The molecule has 0 saturated carbocycles. The maximum absolute atomic E-state index is 6.19. The van der Waals surface area contributed by atoms with Crippen molar-refractivity contribution in [2.75, 3.05) is 0 Å². The van der Waals surface area contributed by atoms with Gasteiger partial charge in [-0.25, -0.2) is 4.98 Å². The van der Waals surface area contributed by atoms with Gasteiger partial charge in [0.15, 0.2) is 0 Å². The predicted octanol–water partition coefficient (Wildman–Crippen LogP) is 12.8. The molecule has 4 aromatic carbocycles. The van der Waals surface area contributed by atoms with Crippen molar-refractivity contribution >= 4 is 33.0 Å². The van der Waals surface area contributed by atoms with Gasteiger partial charge in [0, 0.05) is 60.1 Å². The molecule has 0 atom stereocenters. The molecule has 279 valence electrons. The summed E-state index contributed by atoms with van der Waals surface area (Å²) in [6.45, 7) is 14.8. The molecule has 9 rings (SSSR count). The van der Waals surface area contributed by atoms with Crippen molar-refractivity contribution in [2.45, 2.75) is 53.9 Å². The number of benzene rings is 4. The summed E-state index contributed by atoms with van der Waals surface area (Å²) in [6.07, 6.45) is 3.75. The molecule has 0 bridgehead atoms. The van der Waals surface area contributed by atoms with E-state index in [1.807, 2.05) is 62.6 Å². The predicted molar refractivity (Wildman–Crippen MR) is 226 cm³/mol. The fourth-order valence-electron chi connectivity index (χ4n) is 6.91. The maximum atomic E-state index is 6.19. The van der Waals surface area contributed by atoms with Gasteiger partial charge in [-0.15, -0.1) is 47.5 Å². The first-order valence-electron chi connectivity index (χ1n) is 18.6. The zero-order valence-corrected chi connectivity index (χ0v) is 35.0. The Morgan fingerprint density at radius 2 is 1.45 bits per heavy atom. The van der Waals surface area contributed by atoms with Crippen LogP contribution in [0.2, 0.25) is 0 Å². The molecule has 1 radical (unpaired) electrons. The van der Waals surface area contributed by atoms with Gasteiger partial charge in [-0.3, -0.25) is 4.98 Å². The van der Waals surface area contributed by atoms with Crippen molar-refractivity contribution < 1.29 is 24.5 Å². The minimum atomic E-state index is 0. The third-order valence-electron chi connectivity index (χ3n) is 10.00. The Morgan fingerprint density at radius 3 is 2.21 bits per heavy atom. The van der Waals surface area contributed by atoms with Crippen LogP contribution in [0.1, 0.15) is 48.8 Å². The summed E-state index contributed by atoms with van der Waals surface area (Å²) in [5, 5.41) is 3.16. The molecule has 0 spiro atoms. The van der Waals surface area contributed by atoms with E-state index in [0.29, 0.717) is 5.71 Å². The molecule has 0 aliphatic carbocycles.